The molecule has 0 atom stereocenters. The molecule has 3 rings (SSSR count). The predicted molar refractivity (Wildman–Crippen MR) is 107 cm³/mol. The summed E-state index contributed by atoms with van der Waals surface area (Å²) in [6, 6.07) is 24.1. The van der Waals surface area contributed by atoms with Crippen LogP contribution in [0.4, 0.5) is 5.69 Å². The van der Waals surface area contributed by atoms with E-state index in [0.717, 1.165) is 10.5 Å². The Hall–Kier alpha value is -2.74. The fourth-order valence-corrected chi connectivity index (χ4v) is 3.58. The number of hydrogen-bond donors (Lipinski definition) is 1. The third-order valence-electron chi connectivity index (χ3n) is 3.69. The van der Waals surface area contributed by atoms with Gasteiger partial charge in [-0.15, -0.1) is 11.8 Å². The van der Waals surface area contributed by atoms with E-state index in [-0.39, 0.29) is 5.91 Å². The zero-order valence-electron chi connectivity index (χ0n) is 13.8. The molecule has 128 valence electrons. The van der Waals surface area contributed by atoms with E-state index in [1.807, 2.05) is 30.3 Å². The molecule has 3 aromatic rings. The lowest BCUT2D eigenvalue weighted by atomic mass is 10.2. The number of benzene rings is 3. The van der Waals surface area contributed by atoms with Gasteiger partial charge in [0.05, 0.1) is 17.2 Å². The molecule has 0 radical (unpaired) electrons. The van der Waals surface area contributed by atoms with E-state index in [0.29, 0.717) is 27.6 Å². The van der Waals surface area contributed by atoms with Crippen LogP contribution in [0.25, 0.3) is 0 Å². The van der Waals surface area contributed by atoms with Gasteiger partial charge in [0.15, 0.2) is 0 Å². The predicted octanol–water partition coefficient (Wildman–Crippen LogP) is 5.76. The number of nitrogens with one attached hydrogen (secondary N) is 1. The van der Waals surface area contributed by atoms with Crippen LogP contribution < -0.4 is 5.32 Å². The van der Waals surface area contributed by atoms with Crippen LogP contribution in [-0.4, -0.2) is 5.91 Å². The van der Waals surface area contributed by atoms with Crippen molar-refractivity contribution < 1.29 is 4.79 Å². The fraction of sp³-hybridized carbons (Fsp3) is 0.0476. The molecule has 0 aromatic heterocycles. The van der Waals surface area contributed by atoms with Crippen LogP contribution >= 0.6 is 23.4 Å². The van der Waals surface area contributed by atoms with E-state index in [1.54, 1.807) is 54.2 Å². The smallest absolute Gasteiger partial charge is 0.256 e. The number of carbonyl (C=O) groups excluding carboxylic acids is 1. The number of anilines is 1. The molecule has 0 aliphatic carbocycles. The Morgan fingerprint density at radius 2 is 1.81 bits per heavy atom. The molecule has 5 heteroatoms. The van der Waals surface area contributed by atoms with Crippen LogP contribution in [0.1, 0.15) is 21.5 Å². The number of nitriles is 1. The Morgan fingerprint density at radius 1 is 1.04 bits per heavy atom. The summed E-state index contributed by atoms with van der Waals surface area (Å²) >= 11 is 7.56. The van der Waals surface area contributed by atoms with Crippen LogP contribution in [0.3, 0.4) is 0 Å². The van der Waals surface area contributed by atoms with Gasteiger partial charge in [0.2, 0.25) is 0 Å². The Balaban J connectivity index is 1.72. The Labute approximate surface area is 161 Å². The Bertz CT molecular complexity index is 964. The standard InChI is InChI=1S/C21H15ClN2OS/c22-17-4-3-5-18(12-17)24-21(25)19-6-1-2-7-20(19)26-14-16-10-8-15(13-23)9-11-16/h1-12H,14H2,(H,24,25). The summed E-state index contributed by atoms with van der Waals surface area (Å²) in [4.78, 5) is 13.5. The second-order valence-electron chi connectivity index (χ2n) is 5.56. The molecule has 0 unspecified atom stereocenters. The van der Waals surface area contributed by atoms with Crippen LogP contribution in [0.15, 0.2) is 77.7 Å². The molecule has 0 spiro atoms. The second-order valence-corrected chi connectivity index (χ2v) is 7.01. The first-order valence-electron chi connectivity index (χ1n) is 7.93. The summed E-state index contributed by atoms with van der Waals surface area (Å²) in [5, 5.41) is 12.3. The highest BCUT2D eigenvalue weighted by molar-refractivity contribution is 7.98. The average Bonchev–Trinajstić information content (AvgIpc) is 2.67. The van der Waals surface area contributed by atoms with E-state index in [4.69, 9.17) is 16.9 Å². The van der Waals surface area contributed by atoms with E-state index in [1.165, 1.54) is 0 Å². The lowest BCUT2D eigenvalue weighted by Gasteiger charge is -2.10. The number of nitrogens with zero attached hydrogens (tertiary/aromatic N) is 1. The van der Waals surface area contributed by atoms with E-state index < -0.39 is 0 Å². The van der Waals surface area contributed by atoms with Gasteiger partial charge in [0, 0.05) is 21.4 Å². The van der Waals surface area contributed by atoms with E-state index in [2.05, 4.69) is 11.4 Å². The molecule has 0 bridgehead atoms. The molecule has 0 aliphatic heterocycles. The lowest BCUT2D eigenvalue weighted by Crippen LogP contribution is -2.12. The molecule has 1 N–H and O–H groups in total. The van der Waals surface area contributed by atoms with Crippen molar-refractivity contribution in [3.63, 3.8) is 0 Å². The van der Waals surface area contributed by atoms with Gasteiger partial charge in [-0.25, -0.2) is 0 Å². The van der Waals surface area contributed by atoms with Crippen LogP contribution in [0.5, 0.6) is 0 Å². The van der Waals surface area contributed by atoms with Crippen LogP contribution in [0.2, 0.25) is 5.02 Å². The normalized spacial score (nSPS) is 10.2. The van der Waals surface area contributed by atoms with Gasteiger partial charge in [-0.05, 0) is 48.0 Å². The lowest BCUT2D eigenvalue weighted by molar-refractivity contribution is 0.102. The molecule has 0 fully saturated rings. The zero-order valence-corrected chi connectivity index (χ0v) is 15.3. The van der Waals surface area contributed by atoms with Gasteiger partial charge in [-0.3, -0.25) is 4.79 Å². The average molecular weight is 379 g/mol. The molecule has 3 nitrogen and oxygen atoms in total. The van der Waals surface area contributed by atoms with Gasteiger partial charge in [0.1, 0.15) is 0 Å². The van der Waals surface area contributed by atoms with E-state index >= 15 is 0 Å². The van der Waals surface area contributed by atoms with Crippen molar-refractivity contribution in [3.05, 3.63) is 94.5 Å². The first-order valence-corrected chi connectivity index (χ1v) is 9.30. The number of hydrogen-bond acceptors (Lipinski definition) is 3. The largest absolute Gasteiger partial charge is 0.322 e. The zero-order chi connectivity index (χ0) is 18.4. The molecule has 1 amide bonds. The monoisotopic (exact) mass is 378 g/mol. The molecule has 0 aliphatic rings. The van der Waals surface area contributed by atoms with Crippen molar-refractivity contribution in [1.82, 2.24) is 0 Å². The topological polar surface area (TPSA) is 52.9 Å². The highest BCUT2D eigenvalue weighted by Crippen LogP contribution is 2.27. The second kappa shape index (κ2) is 8.57. The summed E-state index contributed by atoms with van der Waals surface area (Å²) < 4.78 is 0. The minimum absolute atomic E-state index is 0.171. The minimum atomic E-state index is -0.171. The first kappa shape index (κ1) is 18.1. The summed E-state index contributed by atoms with van der Waals surface area (Å²) in [5.74, 6) is 0.544. The summed E-state index contributed by atoms with van der Waals surface area (Å²) in [6.45, 7) is 0. The first-order chi connectivity index (χ1) is 12.7. The van der Waals surface area contributed by atoms with Crippen molar-refractivity contribution in [1.29, 1.82) is 5.26 Å². The SMILES string of the molecule is N#Cc1ccc(CSc2ccccc2C(=O)Nc2cccc(Cl)c2)cc1. The van der Waals surface area contributed by atoms with Crippen LogP contribution in [-0.2, 0) is 5.75 Å². The summed E-state index contributed by atoms with van der Waals surface area (Å²) in [5.41, 5.74) is 3.01. The number of halogens is 1. The third kappa shape index (κ3) is 4.66. The molecular weight excluding hydrogens is 364 g/mol. The summed E-state index contributed by atoms with van der Waals surface area (Å²) in [6.07, 6.45) is 0. The molecule has 0 heterocycles. The number of rotatable bonds is 5. The Kier molecular flexibility index (Phi) is 5.96. The van der Waals surface area contributed by atoms with E-state index in [9.17, 15) is 4.79 Å². The molecule has 0 saturated carbocycles. The highest BCUT2D eigenvalue weighted by Gasteiger charge is 2.12. The Morgan fingerprint density at radius 3 is 2.54 bits per heavy atom. The number of carbonyl (C=O) groups is 1. The quantitative estimate of drug-likeness (QED) is 0.574. The van der Waals surface area contributed by atoms with Crippen molar-refractivity contribution in [2.45, 2.75) is 10.6 Å². The van der Waals surface area contributed by atoms with Gasteiger partial charge >= 0.3 is 0 Å². The molecule has 3 aromatic carbocycles. The minimum Gasteiger partial charge on any atom is -0.322 e. The number of amides is 1. The van der Waals surface area contributed by atoms with Crippen molar-refractivity contribution in [3.8, 4) is 6.07 Å². The summed E-state index contributed by atoms with van der Waals surface area (Å²) in [7, 11) is 0. The maximum atomic E-state index is 12.6. The molecular formula is C21H15ClN2OS. The van der Waals surface area contributed by atoms with Gasteiger partial charge < -0.3 is 5.32 Å². The molecule has 0 saturated heterocycles. The highest BCUT2D eigenvalue weighted by atomic mass is 35.5. The van der Waals surface area contributed by atoms with Crippen molar-refractivity contribution in [2.75, 3.05) is 5.32 Å². The van der Waals surface area contributed by atoms with Gasteiger partial charge in [-0.1, -0.05) is 41.9 Å². The third-order valence-corrected chi connectivity index (χ3v) is 5.07. The maximum Gasteiger partial charge on any atom is 0.256 e. The van der Waals surface area contributed by atoms with Crippen molar-refractivity contribution >= 4 is 35.0 Å². The molecule has 26 heavy (non-hydrogen) atoms. The van der Waals surface area contributed by atoms with Gasteiger partial charge in [-0.2, -0.15) is 5.26 Å². The van der Waals surface area contributed by atoms with Crippen molar-refractivity contribution in [2.24, 2.45) is 0 Å². The maximum absolute atomic E-state index is 12.6. The fourth-order valence-electron chi connectivity index (χ4n) is 2.38. The van der Waals surface area contributed by atoms with Crippen LogP contribution in [0, 0.1) is 11.3 Å². The number of thioether (sulfide) groups is 1. The van der Waals surface area contributed by atoms with Gasteiger partial charge in [0.25, 0.3) is 5.91 Å².